The second-order valence-corrected chi connectivity index (χ2v) is 5.53. The third kappa shape index (κ3) is 3.04. The van der Waals surface area contributed by atoms with Crippen LogP contribution in [0.4, 0.5) is 0 Å². The van der Waals surface area contributed by atoms with Crippen LogP contribution in [0, 0.1) is 0 Å². The Morgan fingerprint density at radius 3 is 2.80 bits per heavy atom. The van der Waals surface area contributed by atoms with Gasteiger partial charge < -0.3 is 10.5 Å². The van der Waals surface area contributed by atoms with Crippen LogP contribution in [0.15, 0.2) is 0 Å². The average Bonchev–Trinajstić information content (AvgIpc) is 2.17. The highest BCUT2D eigenvalue weighted by Crippen LogP contribution is 2.12. The normalized spacial score (nSPS) is 23.9. The van der Waals surface area contributed by atoms with Crippen molar-refractivity contribution in [3.05, 3.63) is 0 Å². The zero-order chi connectivity index (χ0) is 11.5. The highest BCUT2D eigenvalue weighted by molar-refractivity contribution is 7.89. The summed E-state index contributed by atoms with van der Waals surface area (Å²) >= 11 is 5.38. The van der Waals surface area contributed by atoms with Gasteiger partial charge in [-0.25, -0.2) is 8.42 Å². The molecule has 1 amide bonds. The van der Waals surface area contributed by atoms with E-state index in [-0.39, 0.29) is 31.4 Å². The molecule has 0 spiro atoms. The van der Waals surface area contributed by atoms with Gasteiger partial charge in [0.05, 0.1) is 19.0 Å². The van der Waals surface area contributed by atoms with E-state index < -0.39 is 22.0 Å². The van der Waals surface area contributed by atoms with E-state index in [4.69, 9.17) is 22.1 Å². The minimum Gasteiger partial charge on any atom is -0.378 e. The molecule has 1 atom stereocenters. The minimum atomic E-state index is -3.51. The van der Waals surface area contributed by atoms with Crippen LogP contribution in [0.1, 0.15) is 0 Å². The third-order valence-corrected chi connectivity index (χ3v) is 4.38. The van der Waals surface area contributed by atoms with Gasteiger partial charge in [-0.05, 0) is 0 Å². The Kier molecular flexibility index (Phi) is 4.32. The molecular weight excluding hydrogens is 244 g/mol. The first kappa shape index (κ1) is 12.7. The molecule has 1 heterocycles. The summed E-state index contributed by atoms with van der Waals surface area (Å²) in [6.07, 6.45) is 0. The van der Waals surface area contributed by atoms with Gasteiger partial charge in [0, 0.05) is 12.4 Å². The maximum atomic E-state index is 11.7. The molecule has 0 saturated carbocycles. The molecule has 1 unspecified atom stereocenters. The lowest BCUT2D eigenvalue weighted by molar-refractivity contribution is -0.125. The summed E-state index contributed by atoms with van der Waals surface area (Å²) in [6, 6.07) is -0.910. The predicted octanol–water partition coefficient (Wildman–Crippen LogP) is -1.26. The lowest BCUT2D eigenvalue weighted by Gasteiger charge is -2.32. The molecule has 2 N–H and O–H groups in total. The van der Waals surface area contributed by atoms with Crippen LogP contribution in [0.25, 0.3) is 0 Å². The van der Waals surface area contributed by atoms with Crippen molar-refractivity contribution >= 4 is 27.5 Å². The molecule has 0 aliphatic carbocycles. The number of sulfonamides is 1. The van der Waals surface area contributed by atoms with Crippen LogP contribution in [0.5, 0.6) is 0 Å². The van der Waals surface area contributed by atoms with Gasteiger partial charge in [-0.2, -0.15) is 4.31 Å². The number of ether oxygens (including phenoxy) is 1. The number of carbonyl (C=O) groups is 1. The number of rotatable bonds is 4. The number of carbonyl (C=O) groups excluding carboxylic acids is 1. The first-order chi connectivity index (χ1) is 6.99. The number of nitrogens with two attached hydrogens (primary N) is 1. The second-order valence-electron chi connectivity index (χ2n) is 3.11. The van der Waals surface area contributed by atoms with E-state index in [0.29, 0.717) is 0 Å². The van der Waals surface area contributed by atoms with Gasteiger partial charge in [-0.15, -0.1) is 11.6 Å². The van der Waals surface area contributed by atoms with E-state index in [2.05, 4.69) is 0 Å². The largest absolute Gasteiger partial charge is 0.378 e. The molecule has 1 fully saturated rings. The summed E-state index contributed by atoms with van der Waals surface area (Å²) in [4.78, 5) is 11.0. The van der Waals surface area contributed by atoms with Crippen molar-refractivity contribution in [1.82, 2.24) is 4.31 Å². The van der Waals surface area contributed by atoms with Crippen LogP contribution < -0.4 is 5.73 Å². The number of hydrogen-bond donors (Lipinski definition) is 1. The van der Waals surface area contributed by atoms with E-state index in [1.807, 2.05) is 0 Å². The van der Waals surface area contributed by atoms with E-state index in [9.17, 15) is 13.2 Å². The standard InChI is InChI=1S/C7H13ClN2O4S/c8-1-4-15(12,13)10-2-3-14-5-6(10)7(9)11/h6H,1-5H2,(H2,9,11). The Bertz CT molecular complexity index is 332. The number of amides is 1. The molecule has 15 heavy (non-hydrogen) atoms. The van der Waals surface area contributed by atoms with Crippen LogP contribution in [-0.4, -0.2) is 56.1 Å². The van der Waals surface area contributed by atoms with Crippen molar-refractivity contribution in [2.45, 2.75) is 6.04 Å². The number of hydrogen-bond acceptors (Lipinski definition) is 4. The van der Waals surface area contributed by atoms with Gasteiger partial charge in [0.25, 0.3) is 0 Å². The fraction of sp³-hybridized carbons (Fsp3) is 0.857. The molecule has 0 aromatic carbocycles. The zero-order valence-corrected chi connectivity index (χ0v) is 9.63. The first-order valence-electron chi connectivity index (χ1n) is 4.41. The van der Waals surface area contributed by atoms with Crippen LogP contribution in [0.2, 0.25) is 0 Å². The number of morpholine rings is 1. The second kappa shape index (κ2) is 5.11. The molecular formula is C7H13ClN2O4S. The van der Waals surface area contributed by atoms with E-state index in [0.717, 1.165) is 4.31 Å². The summed E-state index contributed by atoms with van der Waals surface area (Å²) in [6.45, 7) is 0.426. The van der Waals surface area contributed by atoms with Crippen LogP contribution in [0.3, 0.4) is 0 Å². The highest BCUT2D eigenvalue weighted by atomic mass is 35.5. The maximum absolute atomic E-state index is 11.7. The summed E-state index contributed by atoms with van der Waals surface area (Å²) in [7, 11) is -3.51. The number of halogens is 1. The SMILES string of the molecule is NC(=O)C1COCCN1S(=O)(=O)CCCl. The van der Waals surface area contributed by atoms with Crippen LogP contribution in [-0.2, 0) is 19.6 Å². The van der Waals surface area contributed by atoms with Crippen molar-refractivity contribution < 1.29 is 17.9 Å². The summed E-state index contributed by atoms with van der Waals surface area (Å²) in [5.74, 6) is -0.906. The van der Waals surface area contributed by atoms with Gasteiger partial charge in [0.2, 0.25) is 15.9 Å². The molecule has 0 aromatic heterocycles. The van der Waals surface area contributed by atoms with Crippen molar-refractivity contribution in [3.63, 3.8) is 0 Å². The molecule has 1 rings (SSSR count). The molecule has 1 saturated heterocycles. The van der Waals surface area contributed by atoms with Gasteiger partial charge in [-0.3, -0.25) is 4.79 Å². The van der Waals surface area contributed by atoms with Crippen molar-refractivity contribution in [2.24, 2.45) is 5.73 Å². The molecule has 1 aliphatic heterocycles. The number of primary amides is 1. The van der Waals surface area contributed by atoms with Crippen molar-refractivity contribution in [2.75, 3.05) is 31.4 Å². The Hall–Kier alpha value is -0.370. The molecule has 0 bridgehead atoms. The smallest absolute Gasteiger partial charge is 0.238 e. The molecule has 0 aromatic rings. The number of alkyl halides is 1. The fourth-order valence-electron chi connectivity index (χ4n) is 1.36. The fourth-order valence-corrected chi connectivity index (χ4v) is 3.28. The van der Waals surface area contributed by atoms with E-state index in [1.54, 1.807) is 0 Å². The predicted molar refractivity (Wildman–Crippen MR) is 55.0 cm³/mol. The van der Waals surface area contributed by atoms with Crippen molar-refractivity contribution in [1.29, 1.82) is 0 Å². The van der Waals surface area contributed by atoms with Gasteiger partial charge in [-0.1, -0.05) is 0 Å². The molecule has 1 aliphatic rings. The quantitative estimate of drug-likeness (QED) is 0.636. The summed E-state index contributed by atoms with van der Waals surface area (Å²) in [5, 5.41) is 0. The molecule has 6 nitrogen and oxygen atoms in total. The third-order valence-electron chi connectivity index (χ3n) is 2.10. The minimum absolute atomic E-state index is 0.00876. The first-order valence-corrected chi connectivity index (χ1v) is 6.56. The Balaban J connectivity index is 2.85. The molecule has 88 valence electrons. The van der Waals surface area contributed by atoms with Crippen LogP contribution >= 0.6 is 11.6 Å². The Morgan fingerprint density at radius 2 is 2.27 bits per heavy atom. The zero-order valence-electron chi connectivity index (χ0n) is 8.06. The Morgan fingerprint density at radius 1 is 1.60 bits per heavy atom. The number of nitrogens with zero attached hydrogens (tertiary/aromatic N) is 1. The monoisotopic (exact) mass is 256 g/mol. The lowest BCUT2D eigenvalue weighted by Crippen LogP contribution is -2.55. The molecule has 0 radical (unpaired) electrons. The van der Waals surface area contributed by atoms with Gasteiger partial charge in [0.15, 0.2) is 0 Å². The van der Waals surface area contributed by atoms with Gasteiger partial charge >= 0.3 is 0 Å². The van der Waals surface area contributed by atoms with Crippen molar-refractivity contribution in [3.8, 4) is 0 Å². The van der Waals surface area contributed by atoms with E-state index >= 15 is 0 Å². The topological polar surface area (TPSA) is 89.7 Å². The lowest BCUT2D eigenvalue weighted by atomic mass is 10.3. The summed E-state index contributed by atoms with van der Waals surface area (Å²) in [5.41, 5.74) is 5.09. The van der Waals surface area contributed by atoms with E-state index in [1.165, 1.54) is 0 Å². The molecule has 8 heteroatoms. The Labute approximate surface area is 93.4 Å². The average molecular weight is 257 g/mol. The van der Waals surface area contributed by atoms with Gasteiger partial charge in [0.1, 0.15) is 6.04 Å². The highest BCUT2D eigenvalue weighted by Gasteiger charge is 2.35. The maximum Gasteiger partial charge on any atom is 0.238 e. The summed E-state index contributed by atoms with van der Waals surface area (Å²) < 4.78 is 29.4.